The Labute approximate surface area is 226 Å². The number of aryl methyl sites for hydroxylation is 2. The van der Waals surface area contributed by atoms with Gasteiger partial charge in [-0.2, -0.15) is 0 Å². The highest BCUT2D eigenvalue weighted by molar-refractivity contribution is 9.10. The molecule has 1 amide bonds. The van der Waals surface area contributed by atoms with Gasteiger partial charge in [-0.1, -0.05) is 23.2 Å². The van der Waals surface area contributed by atoms with Crippen LogP contribution in [0.5, 0.6) is 0 Å². The van der Waals surface area contributed by atoms with Crippen LogP contribution in [0.15, 0.2) is 63.4 Å². The maximum Gasteiger partial charge on any atom is 0.268 e. The number of pyridine rings is 2. The lowest BCUT2D eigenvalue weighted by Crippen LogP contribution is -2.39. The Balaban J connectivity index is 1.50. The van der Waals surface area contributed by atoms with Gasteiger partial charge in [0.2, 0.25) is 12.1 Å². The lowest BCUT2D eigenvalue weighted by Gasteiger charge is -2.30. The highest BCUT2D eigenvalue weighted by Gasteiger charge is 2.33. The average Bonchev–Trinajstić information content (AvgIpc) is 3.00. The molecule has 35 heavy (non-hydrogen) atoms. The van der Waals surface area contributed by atoms with E-state index in [4.69, 9.17) is 11.6 Å². The Morgan fingerprint density at radius 3 is 2.51 bits per heavy atom. The Morgan fingerprint density at radius 2 is 1.80 bits per heavy atom. The van der Waals surface area contributed by atoms with Crippen molar-refractivity contribution in [2.45, 2.75) is 32.1 Å². The van der Waals surface area contributed by atoms with E-state index in [9.17, 15) is 10.0 Å². The molecule has 0 bridgehead atoms. The number of carbonyl (C=O) groups excluding carboxylic acids is 1. The number of fused-ring (bicyclic) bond motifs is 2. The minimum absolute atomic E-state index is 0.153. The molecule has 1 aromatic carbocycles. The zero-order valence-electron chi connectivity index (χ0n) is 19.4. The van der Waals surface area contributed by atoms with Crippen LogP contribution in [-0.2, 0) is 31.1 Å². The van der Waals surface area contributed by atoms with Crippen molar-refractivity contribution in [1.29, 1.82) is 0 Å². The van der Waals surface area contributed by atoms with Gasteiger partial charge in [-0.3, -0.25) is 10.0 Å². The number of halogens is 3. The van der Waals surface area contributed by atoms with Gasteiger partial charge in [0, 0.05) is 40.0 Å². The van der Waals surface area contributed by atoms with E-state index in [-0.39, 0.29) is 5.91 Å². The number of piperidine rings is 1. The molecule has 1 aliphatic heterocycles. The molecule has 0 saturated carbocycles. The Bertz CT molecular complexity index is 1350. The fourth-order valence-corrected chi connectivity index (χ4v) is 6.29. The molecule has 2 aliphatic rings. The van der Waals surface area contributed by atoms with Crippen molar-refractivity contribution in [2.75, 3.05) is 13.1 Å². The predicted molar refractivity (Wildman–Crippen MR) is 141 cm³/mol. The third-order valence-electron chi connectivity index (χ3n) is 6.91. The van der Waals surface area contributed by atoms with Crippen molar-refractivity contribution in [3.63, 3.8) is 0 Å². The molecule has 0 atom stereocenters. The van der Waals surface area contributed by atoms with E-state index < -0.39 is 0 Å². The minimum atomic E-state index is 0.153. The minimum Gasteiger partial charge on any atom is -0.342 e. The van der Waals surface area contributed by atoms with Crippen LogP contribution in [0.25, 0.3) is 5.57 Å². The summed E-state index contributed by atoms with van der Waals surface area (Å²) in [5.41, 5.74) is 7.50. The van der Waals surface area contributed by atoms with E-state index in [1.807, 2.05) is 47.1 Å². The smallest absolute Gasteiger partial charge is 0.268 e. The third-order valence-corrected chi connectivity index (χ3v) is 8.80. The molecular formula is C27H26Br2ClN3O2+2. The normalized spacial score (nSPS) is 15.5. The van der Waals surface area contributed by atoms with Crippen molar-refractivity contribution >= 4 is 54.9 Å². The molecule has 3 aromatic rings. The van der Waals surface area contributed by atoms with Gasteiger partial charge >= 0.3 is 0 Å². The van der Waals surface area contributed by atoms with Crippen LogP contribution in [0.4, 0.5) is 0 Å². The van der Waals surface area contributed by atoms with Crippen LogP contribution in [0, 0.1) is 0 Å². The zero-order chi connectivity index (χ0) is 24.7. The summed E-state index contributed by atoms with van der Waals surface area (Å²) in [4.78, 5) is 15.0. The first kappa shape index (κ1) is 24.5. The molecule has 5 nitrogen and oxygen atoms in total. The molecule has 0 radical (unpaired) electrons. The summed E-state index contributed by atoms with van der Waals surface area (Å²) >= 11 is 13.7. The van der Waals surface area contributed by atoms with Gasteiger partial charge in [-0.25, -0.2) is 4.57 Å². The molecule has 8 heteroatoms. The fraction of sp³-hybridized carbons (Fsp3) is 0.296. The zero-order valence-corrected chi connectivity index (χ0v) is 23.3. The fourth-order valence-electron chi connectivity index (χ4n) is 5.09. The van der Waals surface area contributed by atoms with E-state index in [0.29, 0.717) is 24.5 Å². The maximum atomic E-state index is 13.0. The van der Waals surface area contributed by atoms with E-state index in [1.54, 1.807) is 6.20 Å². The van der Waals surface area contributed by atoms with E-state index >= 15 is 0 Å². The Kier molecular flexibility index (Phi) is 7.02. The van der Waals surface area contributed by atoms with Crippen molar-refractivity contribution in [1.82, 2.24) is 4.90 Å². The second-order valence-corrected chi connectivity index (χ2v) is 11.3. The highest BCUT2D eigenvalue weighted by Crippen LogP contribution is 2.41. The molecule has 0 spiro atoms. The lowest BCUT2D eigenvalue weighted by atomic mass is 9.88. The quantitative estimate of drug-likeness (QED) is 0.325. The molecule has 1 saturated heterocycles. The summed E-state index contributed by atoms with van der Waals surface area (Å²) in [5.74, 6) is 0.153. The van der Waals surface area contributed by atoms with Gasteiger partial charge < -0.3 is 4.90 Å². The number of carbonyl (C=O) groups is 1. The second kappa shape index (κ2) is 10.0. The summed E-state index contributed by atoms with van der Waals surface area (Å²) in [6.07, 6.45) is 9.17. The van der Waals surface area contributed by atoms with Crippen LogP contribution in [-0.4, -0.2) is 29.1 Å². The van der Waals surface area contributed by atoms with Crippen molar-refractivity contribution in [2.24, 2.45) is 7.05 Å². The van der Waals surface area contributed by atoms with Gasteiger partial charge in [0.05, 0.1) is 21.5 Å². The predicted octanol–water partition coefficient (Wildman–Crippen LogP) is 4.98. The van der Waals surface area contributed by atoms with Gasteiger partial charge in [0.15, 0.2) is 12.4 Å². The molecule has 1 fully saturated rings. The molecule has 1 aliphatic carbocycles. The molecule has 180 valence electrons. The second-order valence-electron chi connectivity index (χ2n) is 9.17. The molecule has 3 heterocycles. The number of hydrogen-bond donors (Lipinski definition) is 1. The number of benzene rings is 1. The van der Waals surface area contributed by atoms with Crippen LogP contribution in [0.2, 0.25) is 5.02 Å². The first-order valence-electron chi connectivity index (χ1n) is 11.7. The van der Waals surface area contributed by atoms with Gasteiger partial charge in [0.25, 0.3) is 5.69 Å². The largest absolute Gasteiger partial charge is 0.342 e. The number of likely N-dealkylation sites (tertiary alicyclic amines) is 1. The molecule has 5 rings (SSSR count). The van der Waals surface area contributed by atoms with Gasteiger partial charge in [-0.15, -0.1) is 0 Å². The first-order valence-corrected chi connectivity index (χ1v) is 13.6. The summed E-state index contributed by atoms with van der Waals surface area (Å²) < 4.78 is 4.95. The van der Waals surface area contributed by atoms with Crippen molar-refractivity contribution in [3.8, 4) is 0 Å². The lowest BCUT2D eigenvalue weighted by molar-refractivity contribution is -0.906. The Morgan fingerprint density at radius 1 is 1.09 bits per heavy atom. The van der Waals surface area contributed by atoms with E-state index in [1.165, 1.54) is 10.3 Å². The number of nitrogens with zero attached hydrogens (tertiary/aromatic N) is 3. The monoisotopic (exact) mass is 617 g/mol. The van der Waals surface area contributed by atoms with E-state index in [2.05, 4.69) is 44.0 Å². The Hall–Kier alpha value is -2.22. The number of aromatic nitrogens is 2. The standard InChI is InChI=1S/C27H26Br2ClN3O2/c1-31-10-6-17(7-11-31)14-24(34)32-12-8-18(9-13-32)25-21-4-5-23(30)26(29)22(21)3-2-19-15-20(28)16-33(35)27(19)25/h4-7,10-11,15-16,35H,2-3,8-9,12-14H2,1H3/q+2. The summed E-state index contributed by atoms with van der Waals surface area (Å²) in [5, 5.41) is 11.7. The average molecular weight is 620 g/mol. The first-order chi connectivity index (χ1) is 16.8. The summed E-state index contributed by atoms with van der Waals surface area (Å²) in [6.45, 7) is 1.33. The summed E-state index contributed by atoms with van der Waals surface area (Å²) in [7, 11) is 1.97. The van der Waals surface area contributed by atoms with E-state index in [0.717, 1.165) is 68.1 Å². The van der Waals surface area contributed by atoms with Gasteiger partial charge in [-0.05, 0) is 86.4 Å². The van der Waals surface area contributed by atoms with Crippen LogP contribution in [0.1, 0.15) is 40.8 Å². The number of hydrogen-bond acceptors (Lipinski definition) is 2. The maximum absolute atomic E-state index is 13.0. The molecular weight excluding hydrogens is 594 g/mol. The van der Waals surface area contributed by atoms with Crippen molar-refractivity contribution in [3.05, 3.63) is 96.4 Å². The molecule has 1 N–H and O–H groups in total. The third kappa shape index (κ3) is 4.91. The van der Waals surface area contributed by atoms with Crippen molar-refractivity contribution < 1.29 is 19.3 Å². The number of amides is 1. The van der Waals surface area contributed by atoms with Crippen LogP contribution >= 0.6 is 43.5 Å². The van der Waals surface area contributed by atoms with Crippen LogP contribution in [0.3, 0.4) is 0 Å². The van der Waals surface area contributed by atoms with Gasteiger partial charge in [0.1, 0.15) is 7.05 Å². The topological polar surface area (TPSA) is 48.3 Å². The highest BCUT2D eigenvalue weighted by atomic mass is 79.9. The SMILES string of the molecule is C[n+]1ccc(CC(=O)N2CCC(=C3c4ccc(Cl)c(Br)c4CCc4cc(Br)c[n+](O)c43)CC2)cc1. The summed E-state index contributed by atoms with van der Waals surface area (Å²) in [6, 6.07) is 10.1. The number of rotatable bonds is 2. The molecule has 2 aromatic heterocycles. The van der Waals surface area contributed by atoms with Crippen LogP contribution < -0.4 is 9.30 Å². The molecule has 0 unspecified atom stereocenters.